The summed E-state index contributed by atoms with van der Waals surface area (Å²) in [4.78, 5) is 0. The molecule has 0 amide bonds. The normalized spacial score (nSPS) is 25.6. The summed E-state index contributed by atoms with van der Waals surface area (Å²) >= 11 is 0. The van der Waals surface area contributed by atoms with E-state index in [0.29, 0.717) is 6.61 Å². The van der Waals surface area contributed by atoms with Crippen molar-refractivity contribution in [1.82, 2.24) is 0 Å². The van der Waals surface area contributed by atoms with E-state index in [4.69, 9.17) is 4.74 Å². The highest BCUT2D eigenvalue weighted by molar-refractivity contribution is 7.85. The average Bonchev–Trinajstić information content (AvgIpc) is 2.02. The van der Waals surface area contributed by atoms with Crippen LogP contribution in [0.1, 0.15) is 12.8 Å². The minimum Gasteiger partial charge on any atom is -0.381 e. The van der Waals surface area contributed by atoms with Crippen molar-refractivity contribution < 1.29 is 17.3 Å². The van der Waals surface area contributed by atoms with E-state index in [1.807, 2.05) is 0 Å². The monoisotopic (exact) mass is 194 g/mol. The summed E-state index contributed by atoms with van der Waals surface area (Å²) in [6, 6.07) is 0. The molecule has 0 aromatic rings. The summed E-state index contributed by atoms with van der Waals surface area (Å²) in [7, 11) is -3.28. The summed E-state index contributed by atoms with van der Waals surface area (Å²) in [6.45, 7) is 1.67. The summed E-state index contributed by atoms with van der Waals surface area (Å²) in [5.41, 5.74) is 0. The Balaban J connectivity index is 2.22. The van der Waals surface area contributed by atoms with Gasteiger partial charge in [0.25, 0.3) is 10.1 Å². The molecule has 0 aromatic carbocycles. The molecule has 0 radical (unpaired) electrons. The molecule has 1 rings (SSSR count). The predicted octanol–water partition coefficient (Wildman–Crippen LogP) is 0.389. The molecule has 12 heavy (non-hydrogen) atoms. The molecule has 1 aliphatic heterocycles. The standard InChI is InChI=1S/C7H14O4S/c1-12(8,9)11-6-7-3-2-4-10-5-7/h7H,2-6H2,1H3/t7-/m1/s1. The second-order valence-electron chi connectivity index (χ2n) is 3.07. The van der Waals surface area contributed by atoms with Crippen molar-refractivity contribution in [3.8, 4) is 0 Å². The zero-order chi connectivity index (χ0) is 9.03. The molecule has 1 fully saturated rings. The molecule has 0 spiro atoms. The van der Waals surface area contributed by atoms with Crippen molar-refractivity contribution in [3.63, 3.8) is 0 Å². The second-order valence-corrected chi connectivity index (χ2v) is 4.72. The largest absolute Gasteiger partial charge is 0.381 e. The van der Waals surface area contributed by atoms with E-state index in [1.54, 1.807) is 0 Å². The molecule has 4 nitrogen and oxygen atoms in total. The first-order valence-corrected chi connectivity index (χ1v) is 5.82. The lowest BCUT2D eigenvalue weighted by Crippen LogP contribution is -2.23. The lowest BCUT2D eigenvalue weighted by atomic mass is 10.0. The minimum atomic E-state index is -3.28. The molecule has 1 atom stereocenters. The Labute approximate surface area is 73.0 Å². The zero-order valence-corrected chi connectivity index (χ0v) is 7.97. The molecule has 72 valence electrons. The van der Waals surface area contributed by atoms with Crippen molar-refractivity contribution in [1.29, 1.82) is 0 Å². The van der Waals surface area contributed by atoms with Crippen LogP contribution in [0.3, 0.4) is 0 Å². The first-order valence-electron chi connectivity index (χ1n) is 4.00. The predicted molar refractivity (Wildman–Crippen MR) is 44.3 cm³/mol. The molecule has 0 unspecified atom stereocenters. The Kier molecular flexibility index (Phi) is 3.49. The summed E-state index contributed by atoms with van der Waals surface area (Å²) in [5, 5.41) is 0. The summed E-state index contributed by atoms with van der Waals surface area (Å²) in [5.74, 6) is 0.244. The zero-order valence-electron chi connectivity index (χ0n) is 7.15. The van der Waals surface area contributed by atoms with Crippen molar-refractivity contribution in [2.45, 2.75) is 12.8 Å². The van der Waals surface area contributed by atoms with Gasteiger partial charge in [0.15, 0.2) is 0 Å². The van der Waals surface area contributed by atoms with E-state index in [2.05, 4.69) is 4.18 Å². The van der Waals surface area contributed by atoms with Gasteiger partial charge in [-0.15, -0.1) is 0 Å². The topological polar surface area (TPSA) is 52.6 Å². The smallest absolute Gasteiger partial charge is 0.264 e. The first kappa shape index (κ1) is 9.95. The molecule has 1 saturated heterocycles. The molecule has 1 aliphatic rings. The van der Waals surface area contributed by atoms with Gasteiger partial charge >= 0.3 is 0 Å². The van der Waals surface area contributed by atoms with Crippen molar-refractivity contribution in [2.24, 2.45) is 5.92 Å². The third-order valence-corrected chi connectivity index (χ3v) is 2.34. The van der Waals surface area contributed by atoms with Crippen molar-refractivity contribution in [2.75, 3.05) is 26.1 Å². The average molecular weight is 194 g/mol. The Bertz CT molecular complexity index is 216. The van der Waals surface area contributed by atoms with E-state index >= 15 is 0 Å². The van der Waals surface area contributed by atoms with E-state index in [9.17, 15) is 8.42 Å². The lowest BCUT2D eigenvalue weighted by molar-refractivity contribution is 0.0365. The summed E-state index contributed by atoms with van der Waals surface area (Å²) < 4.78 is 31.1. The number of rotatable bonds is 3. The van der Waals surface area contributed by atoms with E-state index < -0.39 is 10.1 Å². The highest BCUT2D eigenvalue weighted by Crippen LogP contribution is 2.14. The third kappa shape index (κ3) is 4.04. The van der Waals surface area contributed by atoms with Gasteiger partial charge in [-0.05, 0) is 12.8 Å². The summed E-state index contributed by atoms with van der Waals surface area (Å²) in [6.07, 6.45) is 3.06. The van der Waals surface area contributed by atoms with Gasteiger partial charge in [-0.1, -0.05) is 0 Å². The highest BCUT2D eigenvalue weighted by atomic mass is 32.2. The van der Waals surface area contributed by atoms with E-state index in [-0.39, 0.29) is 12.5 Å². The Hall–Kier alpha value is -0.130. The SMILES string of the molecule is CS(=O)(=O)OC[C@@H]1CCCOC1. The van der Waals surface area contributed by atoms with Crippen LogP contribution in [0.5, 0.6) is 0 Å². The van der Waals surface area contributed by atoms with Gasteiger partial charge in [0.2, 0.25) is 0 Å². The van der Waals surface area contributed by atoms with Gasteiger partial charge < -0.3 is 4.74 Å². The van der Waals surface area contributed by atoms with Crippen LogP contribution < -0.4 is 0 Å². The molecule has 0 aliphatic carbocycles. The van der Waals surface area contributed by atoms with Crippen LogP contribution in [0.25, 0.3) is 0 Å². The molecule has 0 bridgehead atoms. The fourth-order valence-electron chi connectivity index (χ4n) is 1.16. The Morgan fingerprint density at radius 1 is 1.58 bits per heavy atom. The van der Waals surface area contributed by atoms with E-state index in [1.165, 1.54) is 0 Å². The van der Waals surface area contributed by atoms with Crippen LogP contribution >= 0.6 is 0 Å². The quantitative estimate of drug-likeness (QED) is 0.610. The molecule has 1 heterocycles. The van der Waals surface area contributed by atoms with Crippen molar-refractivity contribution in [3.05, 3.63) is 0 Å². The molecular formula is C7H14O4S. The molecule has 0 saturated carbocycles. The fourth-order valence-corrected chi connectivity index (χ4v) is 1.60. The van der Waals surface area contributed by atoms with Crippen LogP contribution in [-0.4, -0.2) is 34.5 Å². The maximum absolute atomic E-state index is 10.6. The maximum Gasteiger partial charge on any atom is 0.264 e. The van der Waals surface area contributed by atoms with Crippen LogP contribution in [0, 0.1) is 5.92 Å². The van der Waals surface area contributed by atoms with Gasteiger partial charge in [0.05, 0.1) is 19.5 Å². The molecular weight excluding hydrogens is 180 g/mol. The lowest BCUT2D eigenvalue weighted by Gasteiger charge is -2.20. The minimum absolute atomic E-state index is 0.244. The maximum atomic E-state index is 10.6. The van der Waals surface area contributed by atoms with Gasteiger partial charge in [0.1, 0.15) is 0 Å². The van der Waals surface area contributed by atoms with Crippen LogP contribution in [0.4, 0.5) is 0 Å². The van der Waals surface area contributed by atoms with Crippen LogP contribution in [-0.2, 0) is 19.0 Å². The third-order valence-electron chi connectivity index (χ3n) is 1.77. The van der Waals surface area contributed by atoms with Gasteiger partial charge in [-0.25, -0.2) is 0 Å². The molecule has 0 aromatic heterocycles. The Morgan fingerprint density at radius 3 is 2.83 bits per heavy atom. The van der Waals surface area contributed by atoms with Gasteiger partial charge in [-0.3, -0.25) is 4.18 Å². The number of ether oxygens (including phenoxy) is 1. The van der Waals surface area contributed by atoms with Gasteiger partial charge in [-0.2, -0.15) is 8.42 Å². The molecule has 5 heteroatoms. The number of hydrogen-bond donors (Lipinski definition) is 0. The van der Waals surface area contributed by atoms with Crippen LogP contribution in [0.15, 0.2) is 0 Å². The fraction of sp³-hybridized carbons (Fsp3) is 1.00. The van der Waals surface area contributed by atoms with Gasteiger partial charge in [0, 0.05) is 12.5 Å². The highest BCUT2D eigenvalue weighted by Gasteiger charge is 2.15. The second kappa shape index (κ2) is 4.20. The number of hydrogen-bond acceptors (Lipinski definition) is 4. The Morgan fingerprint density at radius 2 is 2.33 bits per heavy atom. The first-order chi connectivity index (χ1) is 5.58. The van der Waals surface area contributed by atoms with E-state index in [0.717, 1.165) is 25.7 Å². The molecule has 0 N–H and O–H groups in total. The van der Waals surface area contributed by atoms with Crippen LogP contribution in [0.2, 0.25) is 0 Å². The van der Waals surface area contributed by atoms with Crippen molar-refractivity contribution >= 4 is 10.1 Å².